The van der Waals surface area contributed by atoms with Crippen molar-refractivity contribution in [1.29, 1.82) is 0 Å². The number of hydrogen-bond acceptors (Lipinski definition) is 6. The molecule has 0 aromatic carbocycles. The van der Waals surface area contributed by atoms with E-state index in [0.29, 0.717) is 25.0 Å². The molecular formula is C23H46O6Si2. The average molecular weight is 475 g/mol. The number of ether oxygens (including phenoxy) is 1. The van der Waals surface area contributed by atoms with E-state index in [0.717, 1.165) is 5.57 Å². The third-order valence-corrected chi connectivity index (χ3v) is 13.2. The minimum Gasteiger partial charge on any atom is -0.469 e. The molecule has 0 aliphatic carbocycles. The molecule has 0 aliphatic heterocycles. The molecule has 0 bridgehead atoms. The normalized spacial score (nSPS) is 15.0. The van der Waals surface area contributed by atoms with Gasteiger partial charge in [-0.25, -0.2) is 0 Å². The lowest BCUT2D eigenvalue weighted by molar-refractivity contribution is -0.155. The maximum absolute atomic E-state index is 12.7. The van der Waals surface area contributed by atoms with Gasteiger partial charge >= 0.3 is 14.8 Å². The second kappa shape index (κ2) is 11.9. The lowest BCUT2D eigenvalue weighted by atomic mass is 9.83. The maximum atomic E-state index is 12.7. The highest BCUT2D eigenvalue weighted by molar-refractivity contribution is 6.74. The number of allylic oxidation sites excluding steroid dienone is 2. The first-order valence-electron chi connectivity index (χ1n) is 11.1. The fourth-order valence-corrected chi connectivity index (χ4v) is 6.84. The Morgan fingerprint density at radius 3 is 1.71 bits per heavy atom. The van der Waals surface area contributed by atoms with Gasteiger partial charge in [0.15, 0.2) is 8.32 Å². The number of carbonyl (C=O) groups excluding carboxylic acids is 1. The van der Waals surface area contributed by atoms with Gasteiger partial charge < -0.3 is 22.4 Å². The van der Waals surface area contributed by atoms with Gasteiger partial charge in [0.1, 0.15) is 0 Å². The van der Waals surface area contributed by atoms with Crippen molar-refractivity contribution in [2.75, 3.05) is 26.9 Å². The molecule has 0 saturated carbocycles. The first-order chi connectivity index (χ1) is 14.1. The fourth-order valence-electron chi connectivity index (χ4n) is 3.06. The second-order valence-corrected chi connectivity index (χ2v) is 17.1. The van der Waals surface area contributed by atoms with Gasteiger partial charge in [-0.2, -0.15) is 0 Å². The first-order valence-corrected chi connectivity index (χ1v) is 15.7. The molecule has 0 radical (unpaired) electrons. The van der Waals surface area contributed by atoms with Gasteiger partial charge in [0.05, 0.1) is 18.6 Å². The minimum atomic E-state index is -3.13. The molecule has 0 aromatic heterocycles. The van der Waals surface area contributed by atoms with Gasteiger partial charge in [0.2, 0.25) is 0 Å². The third kappa shape index (κ3) is 7.65. The Balaban J connectivity index is 6.41. The maximum Gasteiger partial charge on any atom is 0.536 e. The van der Waals surface area contributed by atoms with Gasteiger partial charge in [0, 0.05) is 25.0 Å². The topological polar surface area (TPSA) is 63.2 Å². The van der Waals surface area contributed by atoms with E-state index in [9.17, 15) is 4.79 Å². The predicted octanol–water partition coefficient (Wildman–Crippen LogP) is 5.67. The summed E-state index contributed by atoms with van der Waals surface area (Å²) in [5.41, 5.74) is -0.0285. The Hall–Kier alpha value is -0.776. The number of rotatable bonds is 13. The van der Waals surface area contributed by atoms with Crippen molar-refractivity contribution in [2.45, 2.75) is 86.5 Å². The highest BCUT2D eigenvalue weighted by atomic mass is 28.4. The van der Waals surface area contributed by atoms with Crippen LogP contribution in [-0.2, 0) is 27.2 Å². The highest BCUT2D eigenvalue weighted by Crippen LogP contribution is 2.42. The Bertz CT molecular complexity index is 617. The monoisotopic (exact) mass is 474 g/mol. The number of methoxy groups -OCH3 is 1. The van der Waals surface area contributed by atoms with Gasteiger partial charge in [-0.05, 0) is 65.2 Å². The van der Waals surface area contributed by atoms with E-state index in [2.05, 4.69) is 40.4 Å². The third-order valence-electron chi connectivity index (χ3n) is 5.80. The molecule has 8 heteroatoms. The Morgan fingerprint density at radius 1 is 0.968 bits per heavy atom. The van der Waals surface area contributed by atoms with Crippen molar-refractivity contribution < 1.29 is 27.2 Å². The van der Waals surface area contributed by atoms with E-state index in [-0.39, 0.29) is 11.0 Å². The van der Waals surface area contributed by atoms with Crippen molar-refractivity contribution in [3.63, 3.8) is 0 Å². The van der Waals surface area contributed by atoms with Crippen LogP contribution in [0.2, 0.25) is 18.1 Å². The Labute approximate surface area is 192 Å². The largest absolute Gasteiger partial charge is 0.536 e. The smallest absolute Gasteiger partial charge is 0.469 e. The van der Waals surface area contributed by atoms with Crippen LogP contribution in [-0.4, -0.2) is 56.1 Å². The molecule has 0 aliphatic rings. The van der Waals surface area contributed by atoms with Crippen LogP contribution in [0.3, 0.4) is 0 Å². The van der Waals surface area contributed by atoms with Gasteiger partial charge in [-0.15, -0.1) is 0 Å². The average Bonchev–Trinajstić information content (AvgIpc) is 2.64. The van der Waals surface area contributed by atoms with Crippen molar-refractivity contribution in [3.8, 4) is 0 Å². The van der Waals surface area contributed by atoms with Crippen LogP contribution < -0.4 is 0 Å². The van der Waals surface area contributed by atoms with Crippen molar-refractivity contribution in [3.05, 3.63) is 23.4 Å². The summed E-state index contributed by atoms with van der Waals surface area (Å²) in [6.45, 7) is 27.9. The van der Waals surface area contributed by atoms with Crippen LogP contribution in [0.15, 0.2) is 23.4 Å². The molecule has 0 fully saturated rings. The number of esters is 1. The summed E-state index contributed by atoms with van der Waals surface area (Å²) in [7, 11) is -3.93. The van der Waals surface area contributed by atoms with Crippen LogP contribution in [0.5, 0.6) is 0 Å². The van der Waals surface area contributed by atoms with Crippen molar-refractivity contribution in [2.24, 2.45) is 5.41 Å². The summed E-state index contributed by atoms with van der Waals surface area (Å²) >= 11 is 0. The van der Waals surface area contributed by atoms with E-state index in [1.807, 2.05) is 47.6 Å². The fraction of sp³-hybridized carbons (Fsp3) is 0.783. The van der Waals surface area contributed by atoms with E-state index >= 15 is 0 Å². The molecule has 0 amide bonds. The molecular weight excluding hydrogens is 428 g/mol. The molecule has 0 saturated heterocycles. The second-order valence-electron chi connectivity index (χ2n) is 9.74. The summed E-state index contributed by atoms with van der Waals surface area (Å²) < 4.78 is 29.8. The van der Waals surface area contributed by atoms with Crippen LogP contribution in [0.25, 0.3) is 0 Å². The molecule has 31 heavy (non-hydrogen) atoms. The zero-order chi connectivity index (χ0) is 24.7. The number of carbonyl (C=O) groups is 1. The summed E-state index contributed by atoms with van der Waals surface area (Å²) in [5.74, 6) is -0.322. The lowest BCUT2D eigenvalue weighted by Crippen LogP contribution is -2.51. The van der Waals surface area contributed by atoms with E-state index in [1.165, 1.54) is 7.11 Å². The predicted molar refractivity (Wildman–Crippen MR) is 131 cm³/mol. The summed E-state index contributed by atoms with van der Waals surface area (Å²) in [6.07, 6.45) is 1.42. The van der Waals surface area contributed by atoms with Gasteiger partial charge in [-0.3, -0.25) is 4.79 Å². The van der Waals surface area contributed by atoms with E-state index < -0.39 is 28.6 Å². The van der Waals surface area contributed by atoms with Crippen LogP contribution in [0.4, 0.5) is 0 Å². The lowest BCUT2D eigenvalue weighted by Gasteiger charge is -2.43. The molecule has 0 spiro atoms. The van der Waals surface area contributed by atoms with Crippen molar-refractivity contribution in [1.82, 2.24) is 0 Å². The summed E-state index contributed by atoms with van der Waals surface area (Å²) in [6, 6.07) is 0. The van der Waals surface area contributed by atoms with Crippen LogP contribution >= 0.6 is 0 Å². The highest BCUT2D eigenvalue weighted by Gasteiger charge is 2.48. The van der Waals surface area contributed by atoms with Gasteiger partial charge in [0.25, 0.3) is 0 Å². The SMILES string of the molecule is C=C(/C=C(\C)[C@@H](O[Si](C)(C)C(C)(C)C)C(C)(C)C(=O)OC)[Si](OCC)(OCC)OCC. The standard InChI is InChI=1S/C23H46O6Si2/c1-14-26-31(27-15-2,28-16-3)19(5)17-18(4)20(23(9,10)21(24)25-11)29-30(12,13)22(6,7)8/h17,20H,5,14-16H2,1-4,6-13H3/b18-17+/t20-/m1/s1. The Kier molecular flexibility index (Phi) is 11.6. The summed E-state index contributed by atoms with van der Waals surface area (Å²) in [4.78, 5) is 12.7. The van der Waals surface area contributed by atoms with E-state index in [4.69, 9.17) is 22.4 Å². The molecule has 182 valence electrons. The first kappa shape index (κ1) is 30.2. The van der Waals surface area contributed by atoms with Gasteiger partial charge in [-0.1, -0.05) is 33.4 Å². The molecule has 6 nitrogen and oxygen atoms in total. The Morgan fingerprint density at radius 2 is 1.39 bits per heavy atom. The minimum absolute atomic E-state index is 0.0186. The van der Waals surface area contributed by atoms with E-state index in [1.54, 1.807) is 0 Å². The van der Waals surface area contributed by atoms with Crippen LogP contribution in [0, 0.1) is 5.41 Å². The quantitative estimate of drug-likeness (QED) is 0.195. The molecule has 0 unspecified atom stereocenters. The molecule has 0 heterocycles. The molecule has 1 atom stereocenters. The number of hydrogen-bond donors (Lipinski definition) is 0. The van der Waals surface area contributed by atoms with Crippen LogP contribution in [0.1, 0.15) is 62.3 Å². The van der Waals surface area contributed by atoms with Crippen molar-refractivity contribution >= 4 is 23.1 Å². The zero-order valence-corrected chi connectivity index (χ0v) is 23.9. The molecule has 0 aromatic rings. The molecule has 0 N–H and O–H groups in total. The molecule has 0 rings (SSSR count). The zero-order valence-electron chi connectivity index (χ0n) is 21.9. The summed E-state index contributed by atoms with van der Waals surface area (Å²) in [5, 5.41) is 0.634.